The minimum absolute atomic E-state index is 0.0906. The van der Waals surface area contributed by atoms with Crippen LogP contribution >= 0.6 is 0 Å². The van der Waals surface area contributed by atoms with Gasteiger partial charge in [-0.15, -0.1) is 0 Å². The topological polar surface area (TPSA) is 34.9 Å². The first-order valence-electron chi connectivity index (χ1n) is 4.04. The summed E-state index contributed by atoms with van der Waals surface area (Å²) in [7, 11) is 0. The van der Waals surface area contributed by atoms with Crippen LogP contribution in [0.3, 0.4) is 0 Å². The Bertz CT molecular complexity index is 521. The van der Waals surface area contributed by atoms with Crippen molar-refractivity contribution in [3.63, 3.8) is 0 Å². The van der Waals surface area contributed by atoms with E-state index in [1.807, 2.05) is 0 Å². The normalized spacial score (nSPS) is 11.2. The molecule has 0 N–H and O–H groups in total. The predicted octanol–water partition coefficient (Wildman–Crippen LogP) is 2.38. The van der Waals surface area contributed by atoms with Gasteiger partial charge in [-0.1, -0.05) is 0 Å². The Hall–Kier alpha value is -1.85. The van der Waals surface area contributed by atoms with Crippen LogP contribution in [0.5, 0.6) is 0 Å². The second-order valence-electron chi connectivity index (χ2n) is 2.89. The van der Waals surface area contributed by atoms with Crippen LogP contribution in [-0.2, 0) is 0 Å². The second kappa shape index (κ2) is 3.38. The van der Waals surface area contributed by atoms with Crippen LogP contribution in [0.25, 0.3) is 10.9 Å². The molecule has 0 saturated heterocycles. The number of fused-ring (bicyclic) bond motifs is 1. The predicted molar refractivity (Wildman–Crippen MR) is 46.3 cm³/mol. The van der Waals surface area contributed by atoms with E-state index in [-0.39, 0.29) is 16.6 Å². The average Bonchev–Trinajstić information content (AvgIpc) is 2.55. The van der Waals surface area contributed by atoms with Crippen LogP contribution in [-0.4, -0.2) is 16.1 Å². The van der Waals surface area contributed by atoms with Crippen LogP contribution in [0.15, 0.2) is 18.2 Å². The fraction of sp³-hybridized carbons (Fsp3) is 0.111. The Morgan fingerprint density at radius 1 is 1.40 bits per heavy atom. The van der Waals surface area contributed by atoms with E-state index in [2.05, 4.69) is 5.10 Å². The zero-order valence-electron chi connectivity index (χ0n) is 7.32. The van der Waals surface area contributed by atoms with Gasteiger partial charge in [-0.25, -0.2) is 9.07 Å². The number of carbonyl (C=O) groups is 1. The summed E-state index contributed by atoms with van der Waals surface area (Å²) in [4.78, 5) is 10.5. The largest absolute Gasteiger partial charge is 0.333 e. The smallest absolute Gasteiger partial charge is 0.296 e. The van der Waals surface area contributed by atoms with E-state index in [9.17, 15) is 18.0 Å². The lowest BCUT2D eigenvalue weighted by Gasteiger charge is -1.99. The van der Waals surface area contributed by atoms with Gasteiger partial charge >= 0.3 is 6.55 Å². The van der Waals surface area contributed by atoms with Gasteiger partial charge in [0, 0.05) is 11.5 Å². The zero-order chi connectivity index (χ0) is 11.0. The number of halogens is 3. The van der Waals surface area contributed by atoms with Crippen LogP contribution in [0, 0.1) is 5.82 Å². The zero-order valence-corrected chi connectivity index (χ0v) is 7.32. The van der Waals surface area contributed by atoms with Crippen molar-refractivity contribution in [1.82, 2.24) is 9.78 Å². The highest BCUT2D eigenvalue weighted by Crippen LogP contribution is 2.23. The van der Waals surface area contributed by atoms with Crippen molar-refractivity contribution < 1.29 is 18.0 Å². The van der Waals surface area contributed by atoms with Gasteiger partial charge in [0.05, 0.1) is 5.52 Å². The van der Waals surface area contributed by atoms with E-state index < -0.39 is 12.4 Å². The summed E-state index contributed by atoms with van der Waals surface area (Å²) in [5.41, 5.74) is -0.211. The average molecular weight is 214 g/mol. The first-order valence-corrected chi connectivity index (χ1v) is 4.04. The SMILES string of the molecule is O=Cc1nn(C(F)F)c2cc(F)ccc12. The third-order valence-electron chi connectivity index (χ3n) is 1.99. The lowest BCUT2D eigenvalue weighted by atomic mass is 10.2. The molecule has 1 heterocycles. The number of alkyl halides is 2. The highest BCUT2D eigenvalue weighted by molar-refractivity contribution is 5.95. The van der Waals surface area contributed by atoms with E-state index in [4.69, 9.17) is 0 Å². The van der Waals surface area contributed by atoms with Crippen LogP contribution in [0.4, 0.5) is 13.2 Å². The number of aldehydes is 1. The molecule has 0 aliphatic carbocycles. The molecule has 0 fully saturated rings. The maximum absolute atomic E-state index is 12.8. The number of rotatable bonds is 2. The summed E-state index contributed by atoms with van der Waals surface area (Å²) in [6, 6.07) is 3.26. The lowest BCUT2D eigenvalue weighted by Crippen LogP contribution is -2.00. The quantitative estimate of drug-likeness (QED) is 0.719. The summed E-state index contributed by atoms with van der Waals surface area (Å²) >= 11 is 0. The third-order valence-corrected chi connectivity index (χ3v) is 1.99. The van der Waals surface area contributed by atoms with E-state index in [1.54, 1.807) is 0 Å². The molecule has 2 aromatic rings. The Morgan fingerprint density at radius 3 is 2.73 bits per heavy atom. The van der Waals surface area contributed by atoms with Crippen molar-refractivity contribution >= 4 is 17.2 Å². The van der Waals surface area contributed by atoms with Crippen LogP contribution in [0.1, 0.15) is 17.0 Å². The highest BCUT2D eigenvalue weighted by atomic mass is 19.3. The molecule has 2 rings (SSSR count). The van der Waals surface area contributed by atoms with Crippen molar-refractivity contribution in [2.45, 2.75) is 6.55 Å². The molecule has 0 amide bonds. The third kappa shape index (κ3) is 1.47. The molecule has 0 aliphatic heterocycles. The van der Waals surface area contributed by atoms with Crippen molar-refractivity contribution in [2.75, 3.05) is 0 Å². The van der Waals surface area contributed by atoms with Gasteiger partial charge in [0.2, 0.25) is 0 Å². The van der Waals surface area contributed by atoms with E-state index >= 15 is 0 Å². The summed E-state index contributed by atoms with van der Waals surface area (Å²) < 4.78 is 38.0. The number of benzene rings is 1. The van der Waals surface area contributed by atoms with E-state index in [0.29, 0.717) is 11.0 Å². The van der Waals surface area contributed by atoms with Crippen molar-refractivity contribution in [3.05, 3.63) is 29.7 Å². The maximum atomic E-state index is 12.8. The van der Waals surface area contributed by atoms with Gasteiger partial charge in [-0.3, -0.25) is 4.79 Å². The Morgan fingerprint density at radius 2 is 2.13 bits per heavy atom. The second-order valence-corrected chi connectivity index (χ2v) is 2.89. The van der Waals surface area contributed by atoms with E-state index in [1.165, 1.54) is 6.07 Å². The molecule has 15 heavy (non-hydrogen) atoms. The van der Waals surface area contributed by atoms with Gasteiger partial charge in [-0.05, 0) is 12.1 Å². The number of nitrogens with zero attached hydrogens (tertiary/aromatic N) is 2. The molecule has 0 radical (unpaired) electrons. The molecule has 0 bridgehead atoms. The van der Waals surface area contributed by atoms with Gasteiger partial charge in [0.1, 0.15) is 11.5 Å². The minimum Gasteiger partial charge on any atom is -0.296 e. The molecular weight excluding hydrogens is 209 g/mol. The first-order chi connectivity index (χ1) is 7.13. The number of aromatic nitrogens is 2. The molecule has 1 aromatic heterocycles. The fourth-order valence-electron chi connectivity index (χ4n) is 1.37. The van der Waals surface area contributed by atoms with Gasteiger partial charge < -0.3 is 0 Å². The molecule has 0 aliphatic rings. The number of hydrogen-bond donors (Lipinski definition) is 0. The molecular formula is C9H5F3N2O. The fourth-order valence-corrected chi connectivity index (χ4v) is 1.37. The number of hydrogen-bond acceptors (Lipinski definition) is 2. The maximum Gasteiger partial charge on any atom is 0.333 e. The van der Waals surface area contributed by atoms with Crippen molar-refractivity contribution in [2.24, 2.45) is 0 Å². The molecule has 0 saturated carbocycles. The summed E-state index contributed by atoms with van der Waals surface area (Å²) in [5.74, 6) is -0.651. The Kier molecular flexibility index (Phi) is 2.18. The number of carbonyl (C=O) groups excluding carboxylic acids is 1. The highest BCUT2D eigenvalue weighted by Gasteiger charge is 2.16. The molecule has 78 valence electrons. The van der Waals surface area contributed by atoms with Gasteiger partial charge in [-0.2, -0.15) is 13.9 Å². The van der Waals surface area contributed by atoms with E-state index in [0.717, 1.165) is 12.1 Å². The molecule has 0 spiro atoms. The molecule has 6 heteroatoms. The summed E-state index contributed by atoms with van der Waals surface area (Å²) in [5, 5.41) is 3.59. The summed E-state index contributed by atoms with van der Waals surface area (Å²) in [6.45, 7) is -2.90. The van der Waals surface area contributed by atoms with Crippen molar-refractivity contribution in [1.29, 1.82) is 0 Å². The monoisotopic (exact) mass is 214 g/mol. The van der Waals surface area contributed by atoms with Gasteiger partial charge in [0.25, 0.3) is 0 Å². The summed E-state index contributed by atoms with van der Waals surface area (Å²) in [6.07, 6.45) is 0.360. The molecule has 0 atom stereocenters. The first kappa shape index (κ1) is 9.70. The Labute approximate surface area is 82.1 Å². The van der Waals surface area contributed by atoms with Crippen LogP contribution in [0.2, 0.25) is 0 Å². The molecule has 0 unspecified atom stereocenters. The molecule has 1 aromatic carbocycles. The standard InChI is InChI=1S/C9H5F3N2O/c10-5-1-2-6-7(4-15)13-14(9(11)12)8(6)3-5/h1-4,9H. The van der Waals surface area contributed by atoms with Gasteiger partial charge in [0.15, 0.2) is 6.29 Å². The molecule has 3 nitrogen and oxygen atoms in total. The van der Waals surface area contributed by atoms with Crippen LogP contribution < -0.4 is 0 Å². The Balaban J connectivity index is 2.81. The van der Waals surface area contributed by atoms with Crippen molar-refractivity contribution in [3.8, 4) is 0 Å². The minimum atomic E-state index is -2.90. The lowest BCUT2D eigenvalue weighted by molar-refractivity contribution is 0.0611.